The maximum atomic E-state index is 10.3. The van der Waals surface area contributed by atoms with Crippen LogP contribution in [0.25, 0.3) is 0 Å². The lowest BCUT2D eigenvalue weighted by Gasteiger charge is -2.34. The van der Waals surface area contributed by atoms with Crippen LogP contribution in [0, 0.1) is 0 Å². The Bertz CT molecular complexity index is 637. The van der Waals surface area contributed by atoms with Gasteiger partial charge in [-0.2, -0.15) is 0 Å². The summed E-state index contributed by atoms with van der Waals surface area (Å²) in [5.74, 6) is 0.841. The second-order valence-electron chi connectivity index (χ2n) is 7.14. The predicted octanol–water partition coefficient (Wildman–Crippen LogP) is 1.78. The van der Waals surface area contributed by atoms with Gasteiger partial charge < -0.3 is 19.6 Å². The van der Waals surface area contributed by atoms with Crippen LogP contribution in [0.15, 0.2) is 54.6 Å². The molecule has 0 saturated carbocycles. The standard InChI is InChI=1S/C22H30N2O2/c1-2-6-19-9-11-22(12-10-19)26-18-21(25)17-23-13-15-24(16-14-23)20-7-4-3-5-8-20/h3-5,7-12,21,25H,2,6,13-18H2,1H3/p+1. The zero-order valence-electron chi connectivity index (χ0n) is 15.7. The van der Waals surface area contributed by atoms with Gasteiger partial charge in [0.1, 0.15) is 25.0 Å². The van der Waals surface area contributed by atoms with Crippen LogP contribution < -0.4 is 14.5 Å². The molecule has 1 aliphatic heterocycles. The van der Waals surface area contributed by atoms with Gasteiger partial charge in [0.25, 0.3) is 0 Å². The molecule has 2 N–H and O–H groups in total. The number of aliphatic hydroxyl groups excluding tert-OH is 1. The summed E-state index contributed by atoms with van der Waals surface area (Å²) in [5, 5.41) is 10.3. The van der Waals surface area contributed by atoms with Gasteiger partial charge in [-0.1, -0.05) is 43.7 Å². The van der Waals surface area contributed by atoms with Crippen LogP contribution >= 0.6 is 0 Å². The molecule has 2 aromatic carbocycles. The number of quaternary nitrogens is 1. The molecule has 0 aliphatic carbocycles. The van der Waals surface area contributed by atoms with Gasteiger partial charge in [-0.3, -0.25) is 0 Å². The van der Waals surface area contributed by atoms with Crippen LogP contribution in [0.3, 0.4) is 0 Å². The van der Waals surface area contributed by atoms with Crippen LogP contribution in [0.1, 0.15) is 18.9 Å². The van der Waals surface area contributed by atoms with Crippen molar-refractivity contribution in [2.45, 2.75) is 25.9 Å². The molecule has 26 heavy (non-hydrogen) atoms. The number of nitrogens with one attached hydrogen (secondary N) is 1. The largest absolute Gasteiger partial charge is 0.491 e. The van der Waals surface area contributed by atoms with E-state index in [9.17, 15) is 5.11 Å². The minimum atomic E-state index is -0.427. The summed E-state index contributed by atoms with van der Waals surface area (Å²) in [6.07, 6.45) is 1.82. The molecule has 0 bridgehead atoms. The molecular formula is C22H31N2O2+. The van der Waals surface area contributed by atoms with Gasteiger partial charge in [0.15, 0.2) is 0 Å². The molecule has 1 heterocycles. The van der Waals surface area contributed by atoms with Crippen molar-refractivity contribution in [2.75, 3.05) is 44.2 Å². The topological polar surface area (TPSA) is 37.1 Å². The lowest BCUT2D eigenvalue weighted by atomic mass is 10.1. The summed E-state index contributed by atoms with van der Waals surface area (Å²) in [5.41, 5.74) is 2.63. The van der Waals surface area contributed by atoms with E-state index in [-0.39, 0.29) is 0 Å². The fourth-order valence-corrected chi connectivity index (χ4v) is 3.55. The number of aliphatic hydroxyl groups is 1. The molecule has 1 saturated heterocycles. The second-order valence-corrected chi connectivity index (χ2v) is 7.14. The minimum Gasteiger partial charge on any atom is -0.491 e. The van der Waals surface area contributed by atoms with Gasteiger partial charge in [0.2, 0.25) is 0 Å². The van der Waals surface area contributed by atoms with E-state index < -0.39 is 6.10 Å². The van der Waals surface area contributed by atoms with Crippen molar-refractivity contribution in [2.24, 2.45) is 0 Å². The normalized spacial score (nSPS) is 16.5. The van der Waals surface area contributed by atoms with Gasteiger partial charge in [-0.15, -0.1) is 0 Å². The summed E-state index contributed by atoms with van der Waals surface area (Å²) < 4.78 is 5.76. The van der Waals surface area contributed by atoms with Gasteiger partial charge in [0.05, 0.1) is 26.2 Å². The smallest absolute Gasteiger partial charge is 0.137 e. The van der Waals surface area contributed by atoms with Crippen molar-refractivity contribution >= 4 is 5.69 Å². The first-order valence-electron chi connectivity index (χ1n) is 9.78. The second kappa shape index (κ2) is 9.60. The maximum absolute atomic E-state index is 10.3. The van der Waals surface area contributed by atoms with Crippen LogP contribution in [-0.2, 0) is 6.42 Å². The summed E-state index contributed by atoms with van der Waals surface area (Å²) >= 11 is 0. The number of rotatable bonds is 8. The summed E-state index contributed by atoms with van der Waals surface area (Å²) in [6.45, 7) is 7.46. The van der Waals surface area contributed by atoms with E-state index in [2.05, 4.69) is 54.3 Å². The molecule has 140 valence electrons. The quantitative estimate of drug-likeness (QED) is 0.758. The lowest BCUT2D eigenvalue weighted by Crippen LogP contribution is -3.16. The van der Waals surface area contributed by atoms with Crippen LogP contribution in [0.5, 0.6) is 5.75 Å². The molecule has 0 spiro atoms. The van der Waals surface area contributed by atoms with Crippen molar-refractivity contribution in [3.05, 3.63) is 60.2 Å². The number of para-hydroxylation sites is 1. The summed E-state index contributed by atoms with van der Waals surface area (Å²) in [6, 6.07) is 18.8. The Morgan fingerprint density at radius 3 is 2.38 bits per heavy atom. The maximum Gasteiger partial charge on any atom is 0.137 e. The highest BCUT2D eigenvalue weighted by Gasteiger charge is 2.22. The number of benzene rings is 2. The fraction of sp³-hybridized carbons (Fsp3) is 0.455. The van der Waals surface area contributed by atoms with E-state index in [0.29, 0.717) is 6.61 Å². The first-order chi connectivity index (χ1) is 12.7. The Morgan fingerprint density at radius 1 is 1.04 bits per heavy atom. The molecule has 0 amide bonds. The van der Waals surface area contributed by atoms with E-state index in [4.69, 9.17) is 4.74 Å². The minimum absolute atomic E-state index is 0.360. The highest BCUT2D eigenvalue weighted by Crippen LogP contribution is 2.14. The number of ether oxygens (including phenoxy) is 1. The molecule has 4 nitrogen and oxygen atoms in total. The SMILES string of the molecule is CCCc1ccc(OCC(O)C[NH+]2CCN(c3ccccc3)CC2)cc1. The van der Waals surface area contributed by atoms with Crippen molar-refractivity contribution < 1.29 is 14.7 Å². The number of anilines is 1. The Balaban J connectivity index is 1.38. The summed E-state index contributed by atoms with van der Waals surface area (Å²) in [7, 11) is 0. The average Bonchev–Trinajstić information content (AvgIpc) is 2.69. The van der Waals surface area contributed by atoms with E-state index in [1.54, 1.807) is 0 Å². The number of piperazine rings is 1. The van der Waals surface area contributed by atoms with E-state index in [1.807, 2.05) is 12.1 Å². The molecular weight excluding hydrogens is 324 g/mol. The van der Waals surface area contributed by atoms with Crippen molar-refractivity contribution in [3.63, 3.8) is 0 Å². The van der Waals surface area contributed by atoms with Gasteiger partial charge in [-0.25, -0.2) is 0 Å². The number of hydrogen-bond acceptors (Lipinski definition) is 3. The monoisotopic (exact) mass is 355 g/mol. The van der Waals surface area contributed by atoms with Crippen molar-refractivity contribution in [3.8, 4) is 5.75 Å². The van der Waals surface area contributed by atoms with Gasteiger partial charge in [-0.05, 0) is 36.2 Å². The fourth-order valence-electron chi connectivity index (χ4n) is 3.55. The predicted molar refractivity (Wildman–Crippen MR) is 106 cm³/mol. The van der Waals surface area contributed by atoms with E-state index in [0.717, 1.165) is 51.3 Å². The third-order valence-electron chi connectivity index (χ3n) is 5.02. The molecule has 1 atom stereocenters. The van der Waals surface area contributed by atoms with Crippen LogP contribution in [0.4, 0.5) is 5.69 Å². The summed E-state index contributed by atoms with van der Waals surface area (Å²) in [4.78, 5) is 3.87. The lowest BCUT2D eigenvalue weighted by molar-refractivity contribution is -0.903. The Hall–Kier alpha value is -2.04. The Morgan fingerprint density at radius 2 is 1.73 bits per heavy atom. The highest BCUT2D eigenvalue weighted by atomic mass is 16.5. The zero-order valence-corrected chi connectivity index (χ0v) is 15.7. The zero-order chi connectivity index (χ0) is 18.2. The molecule has 1 unspecified atom stereocenters. The first-order valence-corrected chi connectivity index (χ1v) is 9.78. The third kappa shape index (κ3) is 5.48. The number of aryl methyl sites for hydroxylation is 1. The molecule has 0 aromatic heterocycles. The number of hydrogen-bond donors (Lipinski definition) is 2. The van der Waals surface area contributed by atoms with Crippen LogP contribution in [-0.4, -0.2) is 50.5 Å². The molecule has 2 aromatic rings. The highest BCUT2D eigenvalue weighted by molar-refractivity contribution is 5.46. The first kappa shape index (κ1) is 18.7. The number of nitrogens with zero attached hydrogens (tertiary/aromatic N) is 1. The third-order valence-corrected chi connectivity index (χ3v) is 5.02. The van der Waals surface area contributed by atoms with E-state index in [1.165, 1.54) is 16.2 Å². The Kier molecular flexibility index (Phi) is 6.92. The van der Waals surface area contributed by atoms with E-state index >= 15 is 0 Å². The van der Waals surface area contributed by atoms with Crippen molar-refractivity contribution in [1.29, 1.82) is 0 Å². The van der Waals surface area contributed by atoms with Gasteiger partial charge >= 0.3 is 0 Å². The molecule has 4 heteroatoms. The average molecular weight is 356 g/mol. The molecule has 1 aliphatic rings. The van der Waals surface area contributed by atoms with Crippen LogP contribution in [0.2, 0.25) is 0 Å². The Labute approximate surface area is 157 Å². The molecule has 3 rings (SSSR count). The molecule has 0 radical (unpaired) electrons. The molecule has 1 fully saturated rings. The van der Waals surface area contributed by atoms with Gasteiger partial charge in [0, 0.05) is 5.69 Å². The van der Waals surface area contributed by atoms with Crippen molar-refractivity contribution in [1.82, 2.24) is 0 Å².